The first-order valence-electron chi connectivity index (χ1n) is 6.10. The second-order valence-corrected chi connectivity index (χ2v) is 6.10. The third-order valence-corrected chi connectivity index (χ3v) is 3.55. The normalized spacial score (nSPS) is 11.3. The summed E-state index contributed by atoms with van der Waals surface area (Å²) in [5, 5.41) is 9.05. The van der Waals surface area contributed by atoms with Gasteiger partial charge in [-0.25, -0.2) is 0 Å². The van der Waals surface area contributed by atoms with Crippen LogP contribution in [-0.2, 0) is 13.1 Å². The summed E-state index contributed by atoms with van der Waals surface area (Å²) < 4.78 is 3.00. The fourth-order valence-electron chi connectivity index (χ4n) is 1.91. The van der Waals surface area contributed by atoms with Crippen molar-refractivity contribution < 1.29 is 0 Å². The second-order valence-electron chi connectivity index (χ2n) is 4.77. The van der Waals surface area contributed by atoms with Gasteiger partial charge in [0.2, 0.25) is 0 Å². The van der Waals surface area contributed by atoms with Crippen molar-refractivity contribution in [3.63, 3.8) is 0 Å². The molecule has 1 aromatic carbocycles. The van der Waals surface area contributed by atoms with Crippen LogP contribution in [0, 0.1) is 5.92 Å². The summed E-state index contributed by atoms with van der Waals surface area (Å²) >= 11 is 9.71. The molecule has 0 radical (unpaired) electrons. The Hall–Kier alpha value is -0.910. The van der Waals surface area contributed by atoms with Crippen LogP contribution in [0.3, 0.4) is 0 Å². The number of aromatic nitrogens is 3. The van der Waals surface area contributed by atoms with E-state index in [0.717, 1.165) is 28.2 Å². The third kappa shape index (κ3) is 3.16. The van der Waals surface area contributed by atoms with Crippen LogP contribution >= 0.6 is 27.5 Å². The summed E-state index contributed by atoms with van der Waals surface area (Å²) in [6.45, 7) is 5.47. The van der Waals surface area contributed by atoms with Crippen molar-refractivity contribution in [2.24, 2.45) is 11.7 Å². The Morgan fingerprint density at radius 2 is 2.11 bits per heavy atom. The van der Waals surface area contributed by atoms with Gasteiger partial charge in [0.1, 0.15) is 5.82 Å². The van der Waals surface area contributed by atoms with E-state index in [-0.39, 0.29) is 0 Å². The van der Waals surface area contributed by atoms with E-state index >= 15 is 0 Å². The van der Waals surface area contributed by atoms with Crippen molar-refractivity contribution in [2.75, 3.05) is 0 Å². The predicted molar refractivity (Wildman–Crippen MR) is 80.9 cm³/mol. The Morgan fingerprint density at radius 3 is 2.74 bits per heavy atom. The Bertz CT molecular complexity index is 580. The largest absolute Gasteiger partial charge is 0.324 e. The number of halogens is 2. The quantitative estimate of drug-likeness (QED) is 0.924. The van der Waals surface area contributed by atoms with Crippen molar-refractivity contribution in [1.29, 1.82) is 0 Å². The molecule has 0 aliphatic carbocycles. The molecule has 0 saturated carbocycles. The van der Waals surface area contributed by atoms with Gasteiger partial charge in [-0.3, -0.25) is 0 Å². The molecule has 4 nitrogen and oxygen atoms in total. The first-order valence-corrected chi connectivity index (χ1v) is 7.27. The zero-order valence-electron chi connectivity index (χ0n) is 10.9. The molecule has 2 aromatic rings. The van der Waals surface area contributed by atoms with Crippen LogP contribution in [0.25, 0.3) is 11.4 Å². The van der Waals surface area contributed by atoms with Crippen molar-refractivity contribution >= 4 is 27.5 Å². The van der Waals surface area contributed by atoms with Crippen LogP contribution in [0.5, 0.6) is 0 Å². The van der Waals surface area contributed by atoms with Gasteiger partial charge in [0.15, 0.2) is 5.82 Å². The van der Waals surface area contributed by atoms with E-state index in [1.54, 1.807) is 0 Å². The lowest BCUT2D eigenvalue weighted by molar-refractivity contribution is 0.510. The summed E-state index contributed by atoms with van der Waals surface area (Å²) in [6, 6.07) is 5.69. The van der Waals surface area contributed by atoms with Gasteiger partial charge in [0, 0.05) is 16.6 Å². The monoisotopic (exact) mass is 342 g/mol. The van der Waals surface area contributed by atoms with Gasteiger partial charge >= 0.3 is 0 Å². The summed E-state index contributed by atoms with van der Waals surface area (Å²) in [7, 11) is 0. The lowest BCUT2D eigenvalue weighted by Gasteiger charge is -2.13. The SMILES string of the molecule is CC(C)Cn1c(CN)nnc1-c1cc(Br)ccc1Cl. The highest BCUT2D eigenvalue weighted by Gasteiger charge is 2.16. The number of benzene rings is 1. The maximum atomic E-state index is 6.26. The summed E-state index contributed by atoms with van der Waals surface area (Å²) in [5.41, 5.74) is 6.58. The van der Waals surface area contributed by atoms with Gasteiger partial charge in [0.05, 0.1) is 11.6 Å². The number of nitrogens with zero attached hydrogens (tertiary/aromatic N) is 3. The van der Waals surface area contributed by atoms with Crippen molar-refractivity contribution in [2.45, 2.75) is 26.9 Å². The minimum Gasteiger partial charge on any atom is -0.324 e. The van der Waals surface area contributed by atoms with Gasteiger partial charge in [-0.05, 0) is 24.1 Å². The van der Waals surface area contributed by atoms with Crippen LogP contribution < -0.4 is 5.73 Å². The van der Waals surface area contributed by atoms with Crippen molar-refractivity contribution in [3.8, 4) is 11.4 Å². The van der Waals surface area contributed by atoms with E-state index in [1.807, 2.05) is 22.8 Å². The molecule has 0 saturated heterocycles. The Labute approximate surface area is 126 Å². The first kappa shape index (κ1) is 14.5. The minimum atomic E-state index is 0.366. The fraction of sp³-hybridized carbons (Fsp3) is 0.385. The van der Waals surface area contributed by atoms with E-state index < -0.39 is 0 Å². The van der Waals surface area contributed by atoms with Gasteiger partial charge in [-0.2, -0.15) is 0 Å². The van der Waals surface area contributed by atoms with Crippen LogP contribution in [0.15, 0.2) is 22.7 Å². The molecule has 0 spiro atoms. The van der Waals surface area contributed by atoms with Crippen LogP contribution in [-0.4, -0.2) is 14.8 Å². The predicted octanol–water partition coefficient (Wildman–Crippen LogP) is 3.48. The first-order chi connectivity index (χ1) is 9.02. The summed E-state index contributed by atoms with van der Waals surface area (Å²) in [4.78, 5) is 0. The Balaban J connectivity index is 2.55. The molecule has 2 rings (SSSR count). The van der Waals surface area contributed by atoms with Gasteiger partial charge in [-0.15, -0.1) is 10.2 Å². The lowest BCUT2D eigenvalue weighted by atomic mass is 10.2. The molecule has 1 heterocycles. The highest BCUT2D eigenvalue weighted by atomic mass is 79.9. The van der Waals surface area contributed by atoms with Gasteiger partial charge in [-0.1, -0.05) is 41.4 Å². The Kier molecular flexibility index (Phi) is 4.60. The average molecular weight is 344 g/mol. The number of hydrogen-bond donors (Lipinski definition) is 1. The molecule has 0 unspecified atom stereocenters. The molecule has 2 N–H and O–H groups in total. The molecule has 0 aliphatic rings. The topological polar surface area (TPSA) is 56.7 Å². The smallest absolute Gasteiger partial charge is 0.165 e. The zero-order chi connectivity index (χ0) is 14.0. The molecule has 0 amide bonds. The van der Waals surface area contributed by atoms with Crippen LogP contribution in [0.4, 0.5) is 0 Å². The second kappa shape index (κ2) is 6.03. The highest BCUT2D eigenvalue weighted by Crippen LogP contribution is 2.30. The summed E-state index contributed by atoms with van der Waals surface area (Å²) in [6.07, 6.45) is 0. The van der Waals surface area contributed by atoms with Crippen LogP contribution in [0.1, 0.15) is 19.7 Å². The standard InChI is InChI=1S/C13H16BrClN4/c1-8(2)7-19-12(6-16)17-18-13(19)10-5-9(14)3-4-11(10)15/h3-5,8H,6-7,16H2,1-2H3. The zero-order valence-corrected chi connectivity index (χ0v) is 13.2. The molecule has 0 aliphatic heterocycles. The maximum Gasteiger partial charge on any atom is 0.165 e. The molecule has 19 heavy (non-hydrogen) atoms. The summed E-state index contributed by atoms with van der Waals surface area (Å²) in [5.74, 6) is 2.02. The number of hydrogen-bond acceptors (Lipinski definition) is 3. The molecular formula is C13H16BrClN4. The van der Waals surface area contributed by atoms with Crippen molar-refractivity contribution in [3.05, 3.63) is 33.5 Å². The van der Waals surface area contributed by atoms with Crippen molar-refractivity contribution in [1.82, 2.24) is 14.8 Å². The van der Waals surface area contributed by atoms with Crippen LogP contribution in [0.2, 0.25) is 5.02 Å². The lowest BCUT2D eigenvalue weighted by Crippen LogP contribution is -2.13. The van der Waals surface area contributed by atoms with E-state index in [9.17, 15) is 0 Å². The third-order valence-electron chi connectivity index (χ3n) is 2.73. The molecule has 1 aromatic heterocycles. The number of rotatable bonds is 4. The van der Waals surface area contributed by atoms with E-state index in [1.165, 1.54) is 0 Å². The Morgan fingerprint density at radius 1 is 1.37 bits per heavy atom. The van der Waals surface area contributed by atoms with E-state index in [4.69, 9.17) is 17.3 Å². The minimum absolute atomic E-state index is 0.366. The molecule has 102 valence electrons. The highest BCUT2D eigenvalue weighted by molar-refractivity contribution is 9.10. The average Bonchev–Trinajstić information content (AvgIpc) is 2.74. The molecule has 0 bridgehead atoms. The molecule has 0 atom stereocenters. The van der Waals surface area contributed by atoms with E-state index in [2.05, 4.69) is 40.0 Å². The van der Waals surface area contributed by atoms with Gasteiger partial charge < -0.3 is 10.3 Å². The fourth-order valence-corrected chi connectivity index (χ4v) is 2.47. The molecular weight excluding hydrogens is 328 g/mol. The van der Waals surface area contributed by atoms with Gasteiger partial charge in [0.25, 0.3) is 0 Å². The molecule has 6 heteroatoms. The number of nitrogens with two attached hydrogens (primary N) is 1. The maximum absolute atomic E-state index is 6.26. The molecule has 0 fully saturated rings. The van der Waals surface area contributed by atoms with E-state index in [0.29, 0.717) is 17.5 Å².